The largest absolute Gasteiger partial charge is 0.439 e. The third-order valence-electron chi connectivity index (χ3n) is 2.64. The van der Waals surface area contributed by atoms with Gasteiger partial charge in [-0.25, -0.2) is 4.98 Å². The molecule has 1 N–H and O–H groups in total. The number of aromatic nitrogens is 1. The zero-order chi connectivity index (χ0) is 14.6. The first-order chi connectivity index (χ1) is 9.42. The van der Waals surface area contributed by atoms with E-state index in [2.05, 4.69) is 53.7 Å². The van der Waals surface area contributed by atoms with E-state index >= 15 is 0 Å². The smallest absolute Gasteiger partial charge is 0.219 e. The van der Waals surface area contributed by atoms with Crippen LogP contribution in [0, 0.1) is 3.57 Å². The van der Waals surface area contributed by atoms with E-state index in [1.165, 1.54) is 0 Å². The second kappa shape index (κ2) is 6.54. The lowest BCUT2D eigenvalue weighted by molar-refractivity contribution is 0.423. The summed E-state index contributed by atoms with van der Waals surface area (Å²) in [5.41, 5.74) is 1.26. The maximum absolute atomic E-state index is 5.72. The van der Waals surface area contributed by atoms with Gasteiger partial charge in [0, 0.05) is 27.9 Å². The van der Waals surface area contributed by atoms with Crippen LogP contribution in [0.25, 0.3) is 0 Å². The number of rotatable bonds is 4. The fraction of sp³-hybridized carbons (Fsp3) is 0.312. The van der Waals surface area contributed by atoms with Crippen molar-refractivity contribution in [3.05, 3.63) is 51.7 Å². The predicted molar refractivity (Wildman–Crippen MR) is 90.1 cm³/mol. The Bertz CT molecular complexity index is 561. The maximum atomic E-state index is 5.72. The molecule has 20 heavy (non-hydrogen) atoms. The third-order valence-corrected chi connectivity index (χ3v) is 3.31. The predicted octanol–water partition coefficient (Wildman–Crippen LogP) is 4.37. The summed E-state index contributed by atoms with van der Waals surface area (Å²) in [6.45, 7) is 7.25. The minimum atomic E-state index is 0.107. The molecular weight excluding hydrogens is 363 g/mol. The Balaban J connectivity index is 1.98. The van der Waals surface area contributed by atoms with Crippen molar-refractivity contribution in [2.75, 3.05) is 0 Å². The Morgan fingerprint density at radius 2 is 2.00 bits per heavy atom. The first-order valence-electron chi connectivity index (χ1n) is 6.56. The quantitative estimate of drug-likeness (QED) is 0.798. The van der Waals surface area contributed by atoms with Crippen LogP contribution in [0.2, 0.25) is 0 Å². The molecule has 1 aromatic carbocycles. The first kappa shape index (κ1) is 15.3. The van der Waals surface area contributed by atoms with Crippen molar-refractivity contribution >= 4 is 22.6 Å². The van der Waals surface area contributed by atoms with E-state index < -0.39 is 0 Å². The van der Waals surface area contributed by atoms with Gasteiger partial charge in [-0.1, -0.05) is 12.1 Å². The number of benzene rings is 1. The summed E-state index contributed by atoms with van der Waals surface area (Å²) < 4.78 is 6.87. The molecule has 0 aliphatic rings. The van der Waals surface area contributed by atoms with E-state index in [9.17, 15) is 0 Å². The molecule has 0 radical (unpaired) electrons. The van der Waals surface area contributed by atoms with Crippen molar-refractivity contribution in [1.29, 1.82) is 0 Å². The van der Waals surface area contributed by atoms with E-state index in [-0.39, 0.29) is 5.54 Å². The van der Waals surface area contributed by atoms with E-state index in [1.807, 2.05) is 42.6 Å². The van der Waals surface area contributed by atoms with Crippen LogP contribution in [0.5, 0.6) is 11.6 Å². The van der Waals surface area contributed by atoms with Gasteiger partial charge in [-0.3, -0.25) is 0 Å². The highest BCUT2D eigenvalue weighted by molar-refractivity contribution is 14.1. The first-order valence-corrected chi connectivity index (χ1v) is 7.64. The summed E-state index contributed by atoms with van der Waals surface area (Å²) in [7, 11) is 0. The Hall–Kier alpha value is -1.14. The number of nitrogens with one attached hydrogen (secondary N) is 1. The monoisotopic (exact) mass is 382 g/mol. The SMILES string of the molecule is CC(C)(C)NCc1ccc(Oc2cccc(I)c2)nc1. The summed E-state index contributed by atoms with van der Waals surface area (Å²) in [5, 5.41) is 3.43. The molecule has 0 saturated heterocycles. The fourth-order valence-electron chi connectivity index (χ4n) is 1.59. The molecule has 0 unspecified atom stereocenters. The lowest BCUT2D eigenvalue weighted by Gasteiger charge is -2.20. The molecule has 0 aliphatic carbocycles. The second-order valence-electron chi connectivity index (χ2n) is 5.67. The zero-order valence-corrected chi connectivity index (χ0v) is 14.1. The molecular formula is C16H19IN2O. The van der Waals surface area contributed by atoms with E-state index in [4.69, 9.17) is 4.74 Å². The Morgan fingerprint density at radius 1 is 1.20 bits per heavy atom. The van der Waals surface area contributed by atoms with Gasteiger partial charge in [-0.05, 0) is 67.1 Å². The third kappa shape index (κ3) is 5.09. The molecule has 1 aromatic heterocycles. The average molecular weight is 382 g/mol. The standard InChI is InChI=1S/C16H19IN2O/c1-16(2,3)19-11-12-7-8-15(18-10-12)20-14-6-4-5-13(17)9-14/h4-10,19H,11H2,1-3H3. The fourth-order valence-corrected chi connectivity index (χ4v) is 2.11. The van der Waals surface area contributed by atoms with Gasteiger partial charge >= 0.3 is 0 Å². The molecule has 0 fully saturated rings. The van der Waals surface area contributed by atoms with Crippen molar-refractivity contribution in [3.8, 4) is 11.6 Å². The van der Waals surface area contributed by atoms with E-state index in [0.29, 0.717) is 5.88 Å². The second-order valence-corrected chi connectivity index (χ2v) is 6.91. The molecule has 3 nitrogen and oxygen atoms in total. The van der Waals surface area contributed by atoms with Gasteiger partial charge in [0.15, 0.2) is 0 Å². The van der Waals surface area contributed by atoms with Crippen molar-refractivity contribution in [1.82, 2.24) is 10.3 Å². The van der Waals surface area contributed by atoms with Crippen molar-refractivity contribution in [2.24, 2.45) is 0 Å². The molecule has 0 bridgehead atoms. The number of hydrogen-bond acceptors (Lipinski definition) is 3. The van der Waals surface area contributed by atoms with Gasteiger partial charge in [0.1, 0.15) is 5.75 Å². The van der Waals surface area contributed by atoms with Gasteiger partial charge in [0.2, 0.25) is 5.88 Å². The lowest BCUT2D eigenvalue weighted by atomic mass is 10.1. The molecule has 106 valence electrons. The highest BCUT2D eigenvalue weighted by Gasteiger charge is 2.08. The molecule has 1 heterocycles. The minimum Gasteiger partial charge on any atom is -0.439 e. The number of nitrogens with zero attached hydrogens (tertiary/aromatic N) is 1. The van der Waals surface area contributed by atoms with Crippen molar-refractivity contribution < 1.29 is 4.74 Å². The van der Waals surface area contributed by atoms with Gasteiger partial charge in [-0.2, -0.15) is 0 Å². The van der Waals surface area contributed by atoms with Crippen LogP contribution >= 0.6 is 22.6 Å². The molecule has 0 aliphatic heterocycles. The molecule has 0 saturated carbocycles. The van der Waals surface area contributed by atoms with Crippen molar-refractivity contribution in [2.45, 2.75) is 32.9 Å². The highest BCUT2D eigenvalue weighted by Crippen LogP contribution is 2.21. The Morgan fingerprint density at radius 3 is 2.60 bits per heavy atom. The van der Waals surface area contributed by atoms with Crippen LogP contribution in [-0.4, -0.2) is 10.5 Å². The summed E-state index contributed by atoms with van der Waals surface area (Å²) in [4.78, 5) is 4.34. The van der Waals surface area contributed by atoms with Crippen molar-refractivity contribution in [3.63, 3.8) is 0 Å². The average Bonchev–Trinajstić information content (AvgIpc) is 2.37. The van der Waals surface area contributed by atoms with Gasteiger partial charge in [0.25, 0.3) is 0 Å². The van der Waals surface area contributed by atoms with Crippen LogP contribution in [0.4, 0.5) is 0 Å². The normalized spacial score (nSPS) is 11.4. The number of pyridine rings is 1. The molecule has 0 spiro atoms. The van der Waals surface area contributed by atoms with Crippen LogP contribution in [-0.2, 0) is 6.54 Å². The highest BCUT2D eigenvalue weighted by atomic mass is 127. The van der Waals surface area contributed by atoms with E-state index in [1.54, 1.807) is 0 Å². The number of hydrogen-bond donors (Lipinski definition) is 1. The lowest BCUT2D eigenvalue weighted by Crippen LogP contribution is -2.35. The van der Waals surface area contributed by atoms with E-state index in [0.717, 1.165) is 21.4 Å². The van der Waals surface area contributed by atoms with Crippen LogP contribution in [0.15, 0.2) is 42.6 Å². The Labute approximate surface area is 133 Å². The summed E-state index contributed by atoms with van der Waals surface area (Å²) in [6.07, 6.45) is 1.85. The molecule has 2 rings (SSSR count). The maximum Gasteiger partial charge on any atom is 0.219 e. The van der Waals surface area contributed by atoms with Gasteiger partial charge in [0.05, 0.1) is 0 Å². The minimum absolute atomic E-state index is 0.107. The number of ether oxygens (including phenoxy) is 1. The Kier molecular flexibility index (Phi) is 4.99. The van der Waals surface area contributed by atoms with Crippen LogP contribution in [0.1, 0.15) is 26.3 Å². The van der Waals surface area contributed by atoms with Crippen LogP contribution < -0.4 is 10.1 Å². The van der Waals surface area contributed by atoms with Gasteiger partial charge in [-0.15, -0.1) is 0 Å². The summed E-state index contributed by atoms with van der Waals surface area (Å²) in [5.74, 6) is 1.43. The molecule has 2 aromatic rings. The summed E-state index contributed by atoms with van der Waals surface area (Å²) >= 11 is 2.26. The zero-order valence-electron chi connectivity index (χ0n) is 12.0. The number of halogens is 1. The van der Waals surface area contributed by atoms with Gasteiger partial charge < -0.3 is 10.1 Å². The van der Waals surface area contributed by atoms with Crippen LogP contribution in [0.3, 0.4) is 0 Å². The summed E-state index contributed by atoms with van der Waals surface area (Å²) in [6, 6.07) is 11.9. The topological polar surface area (TPSA) is 34.1 Å². The molecule has 0 atom stereocenters. The molecule has 0 amide bonds. The molecule has 4 heteroatoms.